The van der Waals surface area contributed by atoms with Crippen LogP contribution in [-0.2, 0) is 20.8 Å². The van der Waals surface area contributed by atoms with Crippen LogP contribution in [0.2, 0.25) is 0 Å². The number of aliphatic hydroxyl groups excluding tert-OH is 1. The Bertz CT molecular complexity index is 289. The van der Waals surface area contributed by atoms with Gasteiger partial charge in [0.2, 0.25) is 0 Å². The summed E-state index contributed by atoms with van der Waals surface area (Å²) in [5.74, 6) is 0. The molecule has 0 aliphatic rings. The highest BCUT2D eigenvalue weighted by Gasteiger charge is 2.17. The lowest BCUT2D eigenvalue weighted by atomic mass is 10.2. The Labute approximate surface area is 102 Å². The third-order valence-corrected chi connectivity index (χ3v) is 2.46. The third-order valence-electron chi connectivity index (χ3n) is 2.46. The van der Waals surface area contributed by atoms with Gasteiger partial charge in [-0.3, -0.25) is 0 Å². The van der Waals surface area contributed by atoms with Gasteiger partial charge < -0.3 is 19.3 Å². The zero-order valence-electron chi connectivity index (χ0n) is 10.3. The second-order valence-electron chi connectivity index (χ2n) is 3.80. The SMILES string of the molecule is COCO[C@@H](CO)[C@H](C)OCc1ccccc1. The fraction of sp³-hybridized carbons (Fsp3) is 0.538. The van der Waals surface area contributed by atoms with Gasteiger partial charge in [-0.2, -0.15) is 0 Å². The topological polar surface area (TPSA) is 47.9 Å². The maximum atomic E-state index is 9.16. The molecular formula is C13H20O4. The van der Waals surface area contributed by atoms with Gasteiger partial charge in [0.05, 0.1) is 19.3 Å². The van der Waals surface area contributed by atoms with E-state index in [1.807, 2.05) is 37.3 Å². The molecule has 1 rings (SSSR count). The molecule has 96 valence electrons. The van der Waals surface area contributed by atoms with Crippen molar-refractivity contribution >= 4 is 0 Å². The molecule has 17 heavy (non-hydrogen) atoms. The molecule has 0 saturated carbocycles. The molecule has 0 bridgehead atoms. The number of benzene rings is 1. The average molecular weight is 240 g/mol. The lowest BCUT2D eigenvalue weighted by molar-refractivity contribution is -0.140. The number of ether oxygens (including phenoxy) is 3. The molecule has 0 radical (unpaired) electrons. The molecule has 1 aromatic rings. The van der Waals surface area contributed by atoms with Crippen molar-refractivity contribution < 1.29 is 19.3 Å². The summed E-state index contributed by atoms with van der Waals surface area (Å²) in [7, 11) is 1.55. The largest absolute Gasteiger partial charge is 0.394 e. The molecule has 1 aromatic carbocycles. The van der Waals surface area contributed by atoms with Crippen LogP contribution in [0.5, 0.6) is 0 Å². The summed E-state index contributed by atoms with van der Waals surface area (Å²) in [6.45, 7) is 2.46. The minimum atomic E-state index is -0.362. The summed E-state index contributed by atoms with van der Waals surface area (Å²) in [6, 6.07) is 9.89. The van der Waals surface area contributed by atoms with Crippen LogP contribution in [-0.4, -0.2) is 37.8 Å². The molecule has 0 aliphatic carbocycles. The van der Waals surface area contributed by atoms with Gasteiger partial charge >= 0.3 is 0 Å². The summed E-state index contributed by atoms with van der Waals surface area (Å²) < 4.78 is 15.7. The monoisotopic (exact) mass is 240 g/mol. The van der Waals surface area contributed by atoms with Crippen molar-refractivity contribution in [3.8, 4) is 0 Å². The molecule has 0 unspecified atom stereocenters. The summed E-state index contributed by atoms with van der Waals surface area (Å²) in [6.07, 6.45) is -0.547. The second-order valence-corrected chi connectivity index (χ2v) is 3.80. The number of hydrogen-bond acceptors (Lipinski definition) is 4. The van der Waals surface area contributed by atoms with Gasteiger partial charge in [0, 0.05) is 7.11 Å². The van der Waals surface area contributed by atoms with E-state index in [-0.39, 0.29) is 25.6 Å². The molecule has 0 aromatic heterocycles. The van der Waals surface area contributed by atoms with Crippen molar-refractivity contribution in [2.45, 2.75) is 25.7 Å². The number of hydrogen-bond donors (Lipinski definition) is 1. The Balaban J connectivity index is 2.34. The molecular weight excluding hydrogens is 220 g/mol. The predicted octanol–water partition coefficient (Wildman–Crippen LogP) is 1.57. The Kier molecular flexibility index (Phi) is 6.81. The fourth-order valence-electron chi connectivity index (χ4n) is 1.40. The minimum Gasteiger partial charge on any atom is -0.394 e. The summed E-state index contributed by atoms with van der Waals surface area (Å²) in [5, 5.41) is 9.16. The van der Waals surface area contributed by atoms with Gasteiger partial charge in [0.15, 0.2) is 0 Å². The lowest BCUT2D eigenvalue weighted by Crippen LogP contribution is -2.33. The Morgan fingerprint density at radius 2 is 1.88 bits per heavy atom. The molecule has 4 nitrogen and oxygen atoms in total. The van der Waals surface area contributed by atoms with E-state index in [9.17, 15) is 0 Å². The van der Waals surface area contributed by atoms with Crippen LogP contribution in [0.3, 0.4) is 0 Å². The summed E-state index contributed by atoms with van der Waals surface area (Å²) >= 11 is 0. The second kappa shape index (κ2) is 8.20. The van der Waals surface area contributed by atoms with E-state index < -0.39 is 0 Å². The molecule has 0 heterocycles. The highest BCUT2D eigenvalue weighted by Crippen LogP contribution is 2.08. The zero-order chi connectivity index (χ0) is 12.5. The van der Waals surface area contributed by atoms with Crippen molar-refractivity contribution in [3.05, 3.63) is 35.9 Å². The fourth-order valence-corrected chi connectivity index (χ4v) is 1.40. The first-order chi connectivity index (χ1) is 8.27. The highest BCUT2D eigenvalue weighted by atomic mass is 16.7. The first-order valence-corrected chi connectivity index (χ1v) is 5.65. The molecule has 4 heteroatoms. The lowest BCUT2D eigenvalue weighted by Gasteiger charge is -2.22. The van der Waals surface area contributed by atoms with Crippen LogP contribution in [0.15, 0.2) is 30.3 Å². The van der Waals surface area contributed by atoms with Crippen LogP contribution in [0.1, 0.15) is 12.5 Å². The quantitative estimate of drug-likeness (QED) is 0.701. The van der Waals surface area contributed by atoms with Crippen molar-refractivity contribution in [1.82, 2.24) is 0 Å². The molecule has 1 N–H and O–H groups in total. The maximum absolute atomic E-state index is 9.16. The van der Waals surface area contributed by atoms with E-state index in [1.165, 1.54) is 0 Å². The van der Waals surface area contributed by atoms with E-state index in [1.54, 1.807) is 7.11 Å². The van der Waals surface area contributed by atoms with E-state index >= 15 is 0 Å². The highest BCUT2D eigenvalue weighted by molar-refractivity contribution is 5.13. The molecule has 0 fully saturated rings. The van der Waals surface area contributed by atoms with E-state index in [0.29, 0.717) is 6.61 Å². The Morgan fingerprint density at radius 3 is 2.47 bits per heavy atom. The predicted molar refractivity (Wildman–Crippen MR) is 64.5 cm³/mol. The smallest absolute Gasteiger partial charge is 0.146 e. The number of aliphatic hydroxyl groups is 1. The van der Waals surface area contributed by atoms with Crippen molar-refractivity contribution in [1.29, 1.82) is 0 Å². The van der Waals surface area contributed by atoms with Crippen molar-refractivity contribution in [2.24, 2.45) is 0 Å². The Hall–Kier alpha value is -0.940. The Morgan fingerprint density at radius 1 is 1.18 bits per heavy atom. The van der Waals surface area contributed by atoms with Crippen LogP contribution >= 0.6 is 0 Å². The summed E-state index contributed by atoms with van der Waals surface area (Å²) in [5.41, 5.74) is 1.10. The summed E-state index contributed by atoms with van der Waals surface area (Å²) in [4.78, 5) is 0. The van der Waals surface area contributed by atoms with E-state index in [2.05, 4.69) is 0 Å². The van der Waals surface area contributed by atoms with Gasteiger partial charge in [-0.15, -0.1) is 0 Å². The van der Waals surface area contributed by atoms with E-state index in [4.69, 9.17) is 19.3 Å². The van der Waals surface area contributed by atoms with Crippen molar-refractivity contribution in [2.75, 3.05) is 20.5 Å². The van der Waals surface area contributed by atoms with Gasteiger partial charge in [0.25, 0.3) is 0 Å². The van der Waals surface area contributed by atoms with Crippen LogP contribution in [0.4, 0.5) is 0 Å². The zero-order valence-corrected chi connectivity index (χ0v) is 10.3. The molecule has 0 spiro atoms. The molecule has 0 amide bonds. The first-order valence-electron chi connectivity index (χ1n) is 5.65. The van der Waals surface area contributed by atoms with E-state index in [0.717, 1.165) is 5.56 Å². The first kappa shape index (κ1) is 14.1. The average Bonchev–Trinajstić information content (AvgIpc) is 2.38. The van der Waals surface area contributed by atoms with Gasteiger partial charge in [-0.1, -0.05) is 30.3 Å². The third kappa shape index (κ3) is 5.28. The maximum Gasteiger partial charge on any atom is 0.146 e. The van der Waals surface area contributed by atoms with Crippen LogP contribution in [0, 0.1) is 0 Å². The molecule has 0 saturated heterocycles. The normalized spacial score (nSPS) is 14.5. The molecule has 2 atom stereocenters. The number of methoxy groups -OCH3 is 1. The number of rotatable bonds is 8. The minimum absolute atomic E-state index is 0.0840. The van der Waals surface area contributed by atoms with Crippen LogP contribution < -0.4 is 0 Å². The molecule has 0 aliphatic heterocycles. The van der Waals surface area contributed by atoms with Crippen LogP contribution in [0.25, 0.3) is 0 Å². The standard InChI is InChI=1S/C13H20O4/c1-11(13(8-14)17-10-15-2)16-9-12-6-4-3-5-7-12/h3-7,11,13-14H,8-10H2,1-2H3/t11-,13-/m0/s1. The van der Waals surface area contributed by atoms with Gasteiger partial charge in [-0.05, 0) is 12.5 Å². The van der Waals surface area contributed by atoms with Gasteiger partial charge in [-0.25, -0.2) is 0 Å². The van der Waals surface area contributed by atoms with Gasteiger partial charge in [0.1, 0.15) is 12.9 Å². The van der Waals surface area contributed by atoms with Crippen molar-refractivity contribution in [3.63, 3.8) is 0 Å².